The highest BCUT2D eigenvalue weighted by Crippen LogP contribution is 2.43. The van der Waals surface area contributed by atoms with Crippen LogP contribution < -0.4 is 0 Å². The SMILES string of the molecule is c1ccc(-c2nc(-c3ccc4ccccc4c3)nc(-c3cccc4c(-n5c6ccccc6c6ccc7c(c8ccccc8n7-c7ccccc7)c65)cccc34)n2)cc1. The van der Waals surface area contributed by atoms with Gasteiger partial charge in [0, 0.05) is 49.3 Å². The van der Waals surface area contributed by atoms with Gasteiger partial charge in [-0.05, 0) is 58.6 Å². The number of para-hydroxylation sites is 3. The summed E-state index contributed by atoms with van der Waals surface area (Å²) in [4.78, 5) is 15.5. The summed E-state index contributed by atoms with van der Waals surface area (Å²) in [5, 5.41) is 9.39. The number of benzene rings is 9. The van der Waals surface area contributed by atoms with Crippen LogP contribution in [0.4, 0.5) is 0 Å². The van der Waals surface area contributed by atoms with Gasteiger partial charge in [-0.1, -0.05) is 158 Å². The van der Waals surface area contributed by atoms with E-state index in [0.717, 1.165) is 49.7 Å². The maximum Gasteiger partial charge on any atom is 0.164 e. The smallest absolute Gasteiger partial charge is 0.164 e. The molecule has 0 unspecified atom stereocenters. The summed E-state index contributed by atoms with van der Waals surface area (Å²) in [6.45, 7) is 0. The summed E-state index contributed by atoms with van der Waals surface area (Å²) in [5.74, 6) is 1.92. The maximum atomic E-state index is 5.22. The molecule has 12 rings (SSSR count). The number of rotatable bonds is 5. The van der Waals surface area contributed by atoms with Gasteiger partial charge in [-0.3, -0.25) is 0 Å². The number of fused-ring (bicyclic) bond motifs is 9. The van der Waals surface area contributed by atoms with Crippen molar-refractivity contribution in [3.05, 3.63) is 200 Å². The zero-order valence-corrected chi connectivity index (χ0v) is 31.3. The molecular weight excluding hydrogens is 707 g/mol. The Morgan fingerprint density at radius 3 is 1.78 bits per heavy atom. The molecule has 0 atom stereocenters. The predicted molar refractivity (Wildman–Crippen MR) is 240 cm³/mol. The first kappa shape index (κ1) is 32.4. The van der Waals surface area contributed by atoms with E-state index < -0.39 is 0 Å². The molecule has 5 nitrogen and oxygen atoms in total. The average molecular weight is 740 g/mol. The highest BCUT2D eigenvalue weighted by atomic mass is 15.0. The molecule has 0 aliphatic heterocycles. The van der Waals surface area contributed by atoms with Crippen molar-refractivity contribution in [2.75, 3.05) is 0 Å². The summed E-state index contributed by atoms with van der Waals surface area (Å²) in [6, 6.07) is 70.9. The van der Waals surface area contributed by atoms with E-state index in [2.05, 4.69) is 191 Å². The van der Waals surface area contributed by atoms with Crippen LogP contribution in [0.15, 0.2) is 200 Å². The van der Waals surface area contributed by atoms with E-state index >= 15 is 0 Å². The molecule has 0 N–H and O–H groups in total. The normalized spacial score (nSPS) is 11.8. The summed E-state index contributed by atoms with van der Waals surface area (Å²) in [5.41, 5.74) is 9.78. The predicted octanol–water partition coefficient (Wildman–Crippen LogP) is 13.4. The lowest BCUT2D eigenvalue weighted by Gasteiger charge is -2.15. The Morgan fingerprint density at radius 2 is 0.948 bits per heavy atom. The first-order valence-corrected chi connectivity index (χ1v) is 19.6. The first-order chi connectivity index (χ1) is 28.8. The molecule has 12 aromatic rings. The van der Waals surface area contributed by atoms with Crippen LogP contribution in [0.1, 0.15) is 0 Å². The largest absolute Gasteiger partial charge is 0.309 e. The van der Waals surface area contributed by atoms with Crippen molar-refractivity contribution < 1.29 is 0 Å². The second-order valence-electron chi connectivity index (χ2n) is 14.8. The molecule has 0 bridgehead atoms. The molecule has 0 saturated heterocycles. The topological polar surface area (TPSA) is 48.5 Å². The molecule has 3 aromatic heterocycles. The van der Waals surface area contributed by atoms with Crippen LogP contribution in [0.3, 0.4) is 0 Å². The Morgan fingerprint density at radius 1 is 0.328 bits per heavy atom. The Balaban J connectivity index is 1.14. The quantitative estimate of drug-likeness (QED) is 0.177. The van der Waals surface area contributed by atoms with E-state index in [1.165, 1.54) is 43.5 Å². The van der Waals surface area contributed by atoms with Gasteiger partial charge in [0.15, 0.2) is 17.5 Å². The highest BCUT2D eigenvalue weighted by Gasteiger charge is 2.22. The molecule has 5 heteroatoms. The van der Waals surface area contributed by atoms with Crippen molar-refractivity contribution in [2.45, 2.75) is 0 Å². The minimum Gasteiger partial charge on any atom is -0.309 e. The van der Waals surface area contributed by atoms with E-state index in [1.54, 1.807) is 0 Å². The Hall–Kier alpha value is -7.89. The van der Waals surface area contributed by atoms with Gasteiger partial charge in [-0.15, -0.1) is 0 Å². The third-order valence-corrected chi connectivity index (χ3v) is 11.5. The molecule has 0 radical (unpaired) electrons. The van der Waals surface area contributed by atoms with Crippen molar-refractivity contribution in [1.82, 2.24) is 24.1 Å². The second kappa shape index (κ2) is 12.8. The minimum absolute atomic E-state index is 0.635. The Bertz CT molecular complexity index is 3560. The highest BCUT2D eigenvalue weighted by molar-refractivity contribution is 6.26. The molecule has 0 aliphatic carbocycles. The standard InChI is InChI=1S/C53H33N5/c1-3-16-35(17-4-1)51-54-52(37-30-29-34-15-7-8-18-36(34)33-37)56-53(55-51)43-25-13-24-40-39(43)23-14-28-46(40)58-45-26-11-9-21-41(45)42-31-32-48-49(50(42)58)44-22-10-12-27-47(44)57(48)38-19-5-2-6-20-38/h1-33H. The fourth-order valence-corrected chi connectivity index (χ4v) is 8.97. The van der Waals surface area contributed by atoms with Crippen molar-refractivity contribution in [3.8, 4) is 45.5 Å². The Labute approximate surface area is 333 Å². The zero-order chi connectivity index (χ0) is 38.2. The van der Waals surface area contributed by atoms with Gasteiger partial charge in [0.25, 0.3) is 0 Å². The molecule has 270 valence electrons. The summed E-state index contributed by atoms with van der Waals surface area (Å²) < 4.78 is 4.87. The van der Waals surface area contributed by atoms with Gasteiger partial charge in [-0.2, -0.15) is 0 Å². The number of aromatic nitrogens is 5. The lowest BCUT2D eigenvalue weighted by atomic mass is 10.0. The first-order valence-electron chi connectivity index (χ1n) is 19.6. The van der Waals surface area contributed by atoms with Gasteiger partial charge in [0.1, 0.15) is 0 Å². The Kier molecular flexibility index (Phi) is 7.16. The van der Waals surface area contributed by atoms with Crippen molar-refractivity contribution in [1.29, 1.82) is 0 Å². The van der Waals surface area contributed by atoms with Crippen LogP contribution >= 0.6 is 0 Å². The molecule has 0 saturated carbocycles. The van der Waals surface area contributed by atoms with Crippen molar-refractivity contribution in [3.63, 3.8) is 0 Å². The number of hydrogen-bond donors (Lipinski definition) is 0. The van der Waals surface area contributed by atoms with E-state index in [9.17, 15) is 0 Å². The fraction of sp³-hybridized carbons (Fsp3) is 0. The molecule has 0 amide bonds. The molecular formula is C53H33N5. The van der Waals surface area contributed by atoms with Crippen molar-refractivity contribution >= 4 is 65.2 Å². The zero-order valence-electron chi connectivity index (χ0n) is 31.3. The molecule has 0 aliphatic rings. The summed E-state index contributed by atoms with van der Waals surface area (Å²) >= 11 is 0. The van der Waals surface area contributed by atoms with Crippen LogP contribution in [0.5, 0.6) is 0 Å². The van der Waals surface area contributed by atoms with E-state index in [1.807, 2.05) is 18.2 Å². The van der Waals surface area contributed by atoms with Gasteiger partial charge in [0.05, 0.1) is 27.8 Å². The monoisotopic (exact) mass is 739 g/mol. The van der Waals surface area contributed by atoms with E-state index in [-0.39, 0.29) is 0 Å². The van der Waals surface area contributed by atoms with Crippen LogP contribution in [0.2, 0.25) is 0 Å². The fourth-order valence-electron chi connectivity index (χ4n) is 8.97. The third kappa shape index (κ3) is 4.93. The van der Waals surface area contributed by atoms with Crippen molar-refractivity contribution in [2.24, 2.45) is 0 Å². The average Bonchev–Trinajstić information content (AvgIpc) is 3.82. The number of hydrogen-bond acceptors (Lipinski definition) is 3. The molecule has 0 spiro atoms. The molecule has 0 fully saturated rings. The van der Waals surface area contributed by atoms with Gasteiger partial charge >= 0.3 is 0 Å². The summed E-state index contributed by atoms with van der Waals surface area (Å²) in [6.07, 6.45) is 0. The van der Waals surface area contributed by atoms with E-state index in [4.69, 9.17) is 15.0 Å². The van der Waals surface area contributed by atoms with Crippen LogP contribution in [-0.4, -0.2) is 24.1 Å². The third-order valence-electron chi connectivity index (χ3n) is 11.5. The lowest BCUT2D eigenvalue weighted by Crippen LogP contribution is -2.01. The minimum atomic E-state index is 0.635. The summed E-state index contributed by atoms with van der Waals surface area (Å²) in [7, 11) is 0. The molecule has 3 heterocycles. The van der Waals surface area contributed by atoms with Gasteiger partial charge < -0.3 is 9.13 Å². The second-order valence-corrected chi connectivity index (χ2v) is 14.8. The number of nitrogens with zero attached hydrogens (tertiary/aromatic N) is 5. The maximum absolute atomic E-state index is 5.22. The molecule has 9 aromatic carbocycles. The van der Waals surface area contributed by atoms with E-state index in [0.29, 0.717) is 17.5 Å². The van der Waals surface area contributed by atoms with Gasteiger partial charge in [0.2, 0.25) is 0 Å². The van der Waals surface area contributed by atoms with Gasteiger partial charge in [-0.25, -0.2) is 15.0 Å². The van der Waals surface area contributed by atoms with Crippen LogP contribution in [0, 0.1) is 0 Å². The van der Waals surface area contributed by atoms with Crippen LogP contribution in [0.25, 0.3) is 111 Å². The van der Waals surface area contributed by atoms with Crippen LogP contribution in [-0.2, 0) is 0 Å². The lowest BCUT2D eigenvalue weighted by molar-refractivity contribution is 1.08. The molecule has 58 heavy (non-hydrogen) atoms.